The van der Waals surface area contributed by atoms with Gasteiger partial charge in [-0.15, -0.1) is 13.2 Å². The lowest BCUT2D eigenvalue weighted by molar-refractivity contribution is -0.389. The topological polar surface area (TPSA) is 88.7 Å². The minimum atomic E-state index is -4.74. The van der Waals surface area contributed by atoms with Gasteiger partial charge < -0.3 is 24.3 Å². The minimum absolute atomic E-state index is 0.127. The summed E-state index contributed by atoms with van der Waals surface area (Å²) in [5.41, 5.74) is -0.107. The fraction of sp³-hybridized carbons (Fsp3) is 0.471. The number of halogens is 3. The molecule has 2 atom stereocenters. The largest absolute Gasteiger partial charge is 0.573 e. The van der Waals surface area contributed by atoms with E-state index < -0.39 is 23.0 Å². The summed E-state index contributed by atoms with van der Waals surface area (Å²) in [7, 11) is 0. The third-order valence-electron chi connectivity index (χ3n) is 4.59. The molecule has 0 spiro atoms. The molecule has 2 heterocycles. The Hall–Kier alpha value is -2.82. The van der Waals surface area contributed by atoms with E-state index in [0.29, 0.717) is 18.5 Å². The zero-order valence-electron chi connectivity index (χ0n) is 15.1. The monoisotopic (exact) mass is 401 g/mol. The van der Waals surface area contributed by atoms with Gasteiger partial charge in [-0.25, -0.2) is 0 Å². The van der Waals surface area contributed by atoms with E-state index in [0.717, 1.165) is 0 Å². The van der Waals surface area contributed by atoms with Gasteiger partial charge in [-0.1, -0.05) is 19.1 Å². The Kier molecular flexibility index (Phi) is 5.20. The van der Waals surface area contributed by atoms with E-state index in [2.05, 4.69) is 9.72 Å². The minimum Gasteiger partial charge on any atom is -0.437 e. The van der Waals surface area contributed by atoms with Crippen molar-refractivity contribution >= 4 is 5.82 Å². The molecule has 0 radical (unpaired) electrons. The van der Waals surface area contributed by atoms with E-state index in [1.54, 1.807) is 0 Å². The first-order chi connectivity index (χ1) is 13.1. The summed E-state index contributed by atoms with van der Waals surface area (Å²) in [5, 5.41) is 10.9. The summed E-state index contributed by atoms with van der Waals surface area (Å²) in [4.78, 5) is 14.2. The first kappa shape index (κ1) is 19.9. The van der Waals surface area contributed by atoms with E-state index in [1.165, 1.54) is 35.0 Å². The number of ether oxygens (including phenoxy) is 3. The molecular formula is C17H18F3N3O5. The van der Waals surface area contributed by atoms with Crippen LogP contribution in [0.4, 0.5) is 19.0 Å². The van der Waals surface area contributed by atoms with Crippen LogP contribution < -0.4 is 9.47 Å². The van der Waals surface area contributed by atoms with E-state index in [1.807, 2.05) is 13.8 Å². The lowest BCUT2D eigenvalue weighted by Crippen LogP contribution is -2.51. The fourth-order valence-electron chi connectivity index (χ4n) is 2.84. The molecule has 0 amide bonds. The molecule has 0 saturated heterocycles. The number of fused-ring (bicyclic) bond motifs is 1. The standard InChI is InChI=1S/C17H18F3N3O5/c1-3-16(2)13(8-22-9-14(23(24)25)21-15(22)28-16)26-10-11-4-6-12(7-5-11)27-17(18,19)20/h4-7,9,13H,3,8,10H2,1-2H3/t13-,16-/m0/s1. The Labute approximate surface area is 158 Å². The van der Waals surface area contributed by atoms with Crippen LogP contribution in [0, 0.1) is 10.1 Å². The average molecular weight is 401 g/mol. The van der Waals surface area contributed by atoms with Gasteiger partial charge in [0.2, 0.25) is 0 Å². The van der Waals surface area contributed by atoms with Crippen molar-refractivity contribution in [3.05, 3.63) is 46.1 Å². The van der Waals surface area contributed by atoms with E-state index in [-0.39, 0.29) is 24.2 Å². The van der Waals surface area contributed by atoms with Crippen LogP contribution in [0.3, 0.4) is 0 Å². The quantitative estimate of drug-likeness (QED) is 0.540. The molecule has 152 valence electrons. The molecule has 0 fully saturated rings. The average Bonchev–Trinajstić information content (AvgIpc) is 3.02. The number of rotatable bonds is 6. The second-order valence-corrected chi connectivity index (χ2v) is 6.55. The van der Waals surface area contributed by atoms with Crippen molar-refractivity contribution in [3.8, 4) is 11.8 Å². The summed E-state index contributed by atoms with van der Waals surface area (Å²) < 4.78 is 53.8. The molecule has 0 bridgehead atoms. The molecule has 0 aliphatic carbocycles. The second kappa shape index (κ2) is 7.30. The first-order valence-corrected chi connectivity index (χ1v) is 8.46. The van der Waals surface area contributed by atoms with Gasteiger partial charge in [0.05, 0.1) is 13.2 Å². The summed E-state index contributed by atoms with van der Waals surface area (Å²) >= 11 is 0. The molecule has 1 aromatic carbocycles. The molecule has 0 saturated carbocycles. The van der Waals surface area contributed by atoms with Crippen LogP contribution in [-0.2, 0) is 17.9 Å². The van der Waals surface area contributed by atoms with Crippen LogP contribution in [0.25, 0.3) is 0 Å². The molecule has 3 rings (SSSR count). The SMILES string of the molecule is CC[C@]1(C)Oc2nc([N+](=O)[O-])cn2C[C@@H]1OCc1ccc(OC(F)(F)F)cc1. The Bertz CT molecular complexity index is 853. The third-order valence-corrected chi connectivity index (χ3v) is 4.59. The maximum atomic E-state index is 12.2. The number of benzene rings is 1. The van der Waals surface area contributed by atoms with Crippen molar-refractivity contribution in [1.29, 1.82) is 0 Å². The molecule has 8 nitrogen and oxygen atoms in total. The van der Waals surface area contributed by atoms with Crippen LogP contribution in [0.1, 0.15) is 25.8 Å². The zero-order valence-corrected chi connectivity index (χ0v) is 15.1. The number of alkyl halides is 3. The van der Waals surface area contributed by atoms with Crippen molar-refractivity contribution in [2.45, 2.75) is 51.5 Å². The van der Waals surface area contributed by atoms with Gasteiger partial charge in [-0.05, 0) is 36.0 Å². The maximum Gasteiger partial charge on any atom is 0.573 e. The third kappa shape index (κ3) is 4.35. The molecule has 0 unspecified atom stereocenters. The summed E-state index contributed by atoms with van der Waals surface area (Å²) in [5.74, 6) is -0.625. The van der Waals surface area contributed by atoms with Crippen LogP contribution in [0.15, 0.2) is 30.5 Å². The Morgan fingerprint density at radius 1 is 1.39 bits per heavy atom. The zero-order chi connectivity index (χ0) is 20.5. The van der Waals surface area contributed by atoms with Crippen molar-refractivity contribution in [2.24, 2.45) is 0 Å². The Balaban J connectivity index is 1.69. The first-order valence-electron chi connectivity index (χ1n) is 8.46. The van der Waals surface area contributed by atoms with Gasteiger partial charge in [-0.2, -0.15) is 0 Å². The second-order valence-electron chi connectivity index (χ2n) is 6.55. The van der Waals surface area contributed by atoms with Crippen LogP contribution in [0.2, 0.25) is 0 Å². The van der Waals surface area contributed by atoms with Gasteiger partial charge >= 0.3 is 18.2 Å². The van der Waals surface area contributed by atoms with Crippen LogP contribution in [0.5, 0.6) is 11.8 Å². The van der Waals surface area contributed by atoms with Crippen molar-refractivity contribution < 1.29 is 32.3 Å². The van der Waals surface area contributed by atoms with Crippen molar-refractivity contribution in [2.75, 3.05) is 0 Å². The highest BCUT2D eigenvalue weighted by molar-refractivity contribution is 5.27. The maximum absolute atomic E-state index is 12.2. The van der Waals surface area contributed by atoms with E-state index >= 15 is 0 Å². The predicted octanol–water partition coefficient (Wildman–Crippen LogP) is 3.84. The molecule has 28 heavy (non-hydrogen) atoms. The molecule has 1 aliphatic rings. The number of imidazole rings is 1. The van der Waals surface area contributed by atoms with Crippen LogP contribution >= 0.6 is 0 Å². The molecule has 1 aliphatic heterocycles. The Morgan fingerprint density at radius 3 is 2.64 bits per heavy atom. The lowest BCUT2D eigenvalue weighted by Gasteiger charge is -2.39. The highest BCUT2D eigenvalue weighted by atomic mass is 19.4. The molecule has 11 heteroatoms. The highest BCUT2D eigenvalue weighted by Gasteiger charge is 2.44. The van der Waals surface area contributed by atoms with Gasteiger partial charge in [0.25, 0.3) is 0 Å². The molecule has 2 aromatic rings. The predicted molar refractivity (Wildman–Crippen MR) is 89.9 cm³/mol. The number of hydrogen-bond donors (Lipinski definition) is 0. The van der Waals surface area contributed by atoms with Gasteiger partial charge in [-0.3, -0.25) is 4.57 Å². The number of nitrogens with zero attached hydrogens (tertiary/aromatic N) is 3. The summed E-state index contributed by atoms with van der Waals surface area (Å²) in [6, 6.07) is 5.52. The van der Waals surface area contributed by atoms with E-state index in [9.17, 15) is 23.3 Å². The molecule has 1 aromatic heterocycles. The lowest BCUT2D eigenvalue weighted by atomic mass is 9.94. The van der Waals surface area contributed by atoms with E-state index in [4.69, 9.17) is 9.47 Å². The highest BCUT2D eigenvalue weighted by Crippen LogP contribution is 2.34. The van der Waals surface area contributed by atoms with Gasteiger partial charge in [0.1, 0.15) is 23.7 Å². The van der Waals surface area contributed by atoms with Crippen molar-refractivity contribution in [3.63, 3.8) is 0 Å². The van der Waals surface area contributed by atoms with Gasteiger partial charge in [0, 0.05) is 4.98 Å². The number of nitro groups is 1. The van der Waals surface area contributed by atoms with Crippen molar-refractivity contribution in [1.82, 2.24) is 9.55 Å². The molecule has 0 N–H and O–H groups in total. The Morgan fingerprint density at radius 2 is 2.07 bits per heavy atom. The van der Waals surface area contributed by atoms with Gasteiger partial charge in [0.15, 0.2) is 0 Å². The molecular weight excluding hydrogens is 383 g/mol. The smallest absolute Gasteiger partial charge is 0.437 e. The number of hydrogen-bond acceptors (Lipinski definition) is 6. The summed E-state index contributed by atoms with van der Waals surface area (Å²) in [6.45, 7) is 4.15. The summed E-state index contributed by atoms with van der Waals surface area (Å²) in [6.07, 6.45) is -3.34. The number of aromatic nitrogens is 2. The van der Waals surface area contributed by atoms with Crippen LogP contribution in [-0.4, -0.2) is 32.5 Å². The fourth-order valence-corrected chi connectivity index (χ4v) is 2.84. The normalized spacial score (nSPS) is 21.7.